The van der Waals surface area contributed by atoms with E-state index in [1.54, 1.807) is 25.8 Å². The molecule has 0 fully saturated rings. The molecule has 0 bridgehead atoms. The van der Waals surface area contributed by atoms with Gasteiger partial charge in [-0.1, -0.05) is 0 Å². The average molecular weight is 206 g/mol. The maximum Gasteiger partial charge on any atom is 0.0653 e. The summed E-state index contributed by atoms with van der Waals surface area (Å²) >= 11 is 0. The predicted molar refractivity (Wildman–Crippen MR) is 54.6 cm³/mol. The summed E-state index contributed by atoms with van der Waals surface area (Å²) in [5.41, 5.74) is 2.95. The Bertz CT molecular complexity index is 130. The standard InChI is InChI=1S/C9H22N2O3/c1-7(12)4-10-11(5-8(2)13)6-9(3)14/h7-10,12-14H,4-6H2,1-3H3/t7-,8-,9+/m1/s1. The molecule has 3 atom stereocenters. The van der Waals surface area contributed by atoms with Crippen molar-refractivity contribution < 1.29 is 15.3 Å². The third kappa shape index (κ3) is 8.40. The molecule has 0 amide bonds. The Morgan fingerprint density at radius 2 is 1.36 bits per heavy atom. The zero-order chi connectivity index (χ0) is 11.1. The van der Waals surface area contributed by atoms with Crippen LogP contribution in [0.25, 0.3) is 0 Å². The second kappa shape index (κ2) is 7.14. The van der Waals surface area contributed by atoms with Crippen molar-refractivity contribution in [3.63, 3.8) is 0 Å². The van der Waals surface area contributed by atoms with E-state index in [0.29, 0.717) is 19.6 Å². The molecule has 0 aliphatic heterocycles. The van der Waals surface area contributed by atoms with Gasteiger partial charge in [0.1, 0.15) is 0 Å². The molecule has 5 nitrogen and oxygen atoms in total. The molecule has 0 saturated carbocycles. The van der Waals surface area contributed by atoms with Crippen LogP contribution in [0.2, 0.25) is 0 Å². The zero-order valence-electron chi connectivity index (χ0n) is 9.14. The van der Waals surface area contributed by atoms with Gasteiger partial charge >= 0.3 is 0 Å². The lowest BCUT2D eigenvalue weighted by atomic mass is 10.3. The Morgan fingerprint density at radius 3 is 1.64 bits per heavy atom. The van der Waals surface area contributed by atoms with Gasteiger partial charge in [-0.25, -0.2) is 5.01 Å². The van der Waals surface area contributed by atoms with Crippen LogP contribution in [-0.2, 0) is 0 Å². The summed E-state index contributed by atoms with van der Waals surface area (Å²) in [4.78, 5) is 0. The van der Waals surface area contributed by atoms with E-state index in [1.807, 2.05) is 0 Å². The van der Waals surface area contributed by atoms with Crippen molar-refractivity contribution in [1.82, 2.24) is 10.4 Å². The highest BCUT2D eigenvalue weighted by Crippen LogP contribution is 1.92. The van der Waals surface area contributed by atoms with Crippen LogP contribution < -0.4 is 5.43 Å². The van der Waals surface area contributed by atoms with Gasteiger partial charge in [-0.15, -0.1) is 0 Å². The minimum atomic E-state index is -0.463. The number of nitrogens with one attached hydrogen (secondary N) is 1. The Balaban J connectivity index is 3.84. The van der Waals surface area contributed by atoms with E-state index >= 15 is 0 Å². The van der Waals surface area contributed by atoms with Gasteiger partial charge in [0.15, 0.2) is 0 Å². The van der Waals surface area contributed by atoms with Gasteiger partial charge in [0, 0.05) is 19.6 Å². The van der Waals surface area contributed by atoms with Crippen molar-refractivity contribution in [3.05, 3.63) is 0 Å². The molecular weight excluding hydrogens is 184 g/mol. The lowest BCUT2D eigenvalue weighted by Gasteiger charge is -2.26. The monoisotopic (exact) mass is 206 g/mol. The van der Waals surface area contributed by atoms with E-state index in [4.69, 9.17) is 5.11 Å². The van der Waals surface area contributed by atoms with Crippen LogP contribution in [0.15, 0.2) is 0 Å². The Hall–Kier alpha value is -0.200. The highest BCUT2D eigenvalue weighted by molar-refractivity contribution is 4.61. The fourth-order valence-electron chi connectivity index (χ4n) is 1.10. The summed E-state index contributed by atoms with van der Waals surface area (Å²) < 4.78 is 0. The van der Waals surface area contributed by atoms with E-state index in [1.165, 1.54) is 0 Å². The SMILES string of the molecule is C[C@H](O)CN(C[C@@H](C)O)NC[C@@H](C)O. The number of rotatable bonds is 7. The highest BCUT2D eigenvalue weighted by Gasteiger charge is 2.10. The summed E-state index contributed by atoms with van der Waals surface area (Å²) in [6.07, 6.45) is -1.37. The average Bonchev–Trinajstić information content (AvgIpc) is 1.97. The number of nitrogens with zero attached hydrogens (tertiary/aromatic N) is 1. The van der Waals surface area contributed by atoms with Crippen molar-refractivity contribution in [1.29, 1.82) is 0 Å². The summed E-state index contributed by atoms with van der Waals surface area (Å²) in [7, 11) is 0. The third-order valence-corrected chi connectivity index (χ3v) is 1.58. The molecule has 0 saturated heterocycles. The molecule has 0 unspecified atom stereocenters. The Kier molecular flexibility index (Phi) is 7.04. The molecule has 0 aliphatic rings. The molecule has 5 heteroatoms. The van der Waals surface area contributed by atoms with Gasteiger partial charge in [-0.2, -0.15) is 0 Å². The van der Waals surface area contributed by atoms with Crippen molar-refractivity contribution in [2.24, 2.45) is 0 Å². The molecule has 14 heavy (non-hydrogen) atoms. The molecule has 0 rings (SSSR count). The molecule has 0 aromatic rings. The first-order valence-electron chi connectivity index (χ1n) is 4.94. The molecule has 0 radical (unpaired) electrons. The van der Waals surface area contributed by atoms with E-state index in [2.05, 4.69) is 5.43 Å². The van der Waals surface area contributed by atoms with Gasteiger partial charge in [0.2, 0.25) is 0 Å². The summed E-state index contributed by atoms with van der Waals surface area (Å²) in [6.45, 7) is 6.31. The quantitative estimate of drug-likeness (QED) is 0.399. The van der Waals surface area contributed by atoms with E-state index in [0.717, 1.165) is 0 Å². The maximum absolute atomic E-state index is 9.18. The Labute approximate surface area is 85.3 Å². The molecule has 0 aromatic heterocycles. The number of aliphatic hydroxyl groups excluding tert-OH is 3. The summed E-state index contributed by atoms with van der Waals surface area (Å²) in [5, 5.41) is 29.1. The van der Waals surface area contributed by atoms with Crippen LogP contribution in [0.5, 0.6) is 0 Å². The normalized spacial score (nSPS) is 18.2. The van der Waals surface area contributed by atoms with Crippen molar-refractivity contribution >= 4 is 0 Å². The van der Waals surface area contributed by atoms with Crippen LogP contribution in [0.1, 0.15) is 20.8 Å². The first-order valence-corrected chi connectivity index (χ1v) is 4.94. The topological polar surface area (TPSA) is 76.0 Å². The molecule has 0 heterocycles. The van der Waals surface area contributed by atoms with Gasteiger partial charge in [-0.05, 0) is 20.8 Å². The van der Waals surface area contributed by atoms with Crippen molar-refractivity contribution in [2.75, 3.05) is 19.6 Å². The fraction of sp³-hybridized carbons (Fsp3) is 1.00. The minimum Gasteiger partial charge on any atom is -0.392 e. The number of aliphatic hydroxyl groups is 3. The minimum absolute atomic E-state index is 0.416. The van der Waals surface area contributed by atoms with Gasteiger partial charge in [0.05, 0.1) is 18.3 Å². The van der Waals surface area contributed by atoms with Crippen LogP contribution in [0, 0.1) is 0 Å². The third-order valence-electron chi connectivity index (χ3n) is 1.58. The molecule has 86 valence electrons. The second-order valence-electron chi connectivity index (χ2n) is 3.81. The summed E-state index contributed by atoms with van der Waals surface area (Å²) in [6, 6.07) is 0. The largest absolute Gasteiger partial charge is 0.392 e. The molecular formula is C9H22N2O3. The second-order valence-corrected chi connectivity index (χ2v) is 3.81. The van der Waals surface area contributed by atoms with Crippen LogP contribution in [-0.4, -0.2) is 58.3 Å². The van der Waals surface area contributed by atoms with Gasteiger partial charge in [-0.3, -0.25) is 5.43 Å². The van der Waals surface area contributed by atoms with Crippen molar-refractivity contribution in [2.45, 2.75) is 39.1 Å². The number of hydrogen-bond donors (Lipinski definition) is 4. The van der Waals surface area contributed by atoms with E-state index in [9.17, 15) is 10.2 Å². The number of hydrogen-bond acceptors (Lipinski definition) is 5. The van der Waals surface area contributed by atoms with Crippen LogP contribution >= 0.6 is 0 Å². The predicted octanol–water partition coefficient (Wildman–Crippen LogP) is -1.06. The molecule has 0 aliphatic carbocycles. The Morgan fingerprint density at radius 1 is 0.929 bits per heavy atom. The molecule has 0 spiro atoms. The van der Waals surface area contributed by atoms with Crippen LogP contribution in [0.4, 0.5) is 0 Å². The first kappa shape index (κ1) is 13.8. The maximum atomic E-state index is 9.18. The molecule has 0 aromatic carbocycles. The zero-order valence-corrected chi connectivity index (χ0v) is 9.14. The van der Waals surface area contributed by atoms with E-state index < -0.39 is 18.3 Å². The summed E-state index contributed by atoms with van der Waals surface area (Å²) in [5.74, 6) is 0. The molecule has 4 N–H and O–H groups in total. The lowest BCUT2D eigenvalue weighted by molar-refractivity contribution is 0.0396. The van der Waals surface area contributed by atoms with Gasteiger partial charge < -0.3 is 15.3 Å². The highest BCUT2D eigenvalue weighted by atomic mass is 16.3. The van der Waals surface area contributed by atoms with Gasteiger partial charge in [0.25, 0.3) is 0 Å². The lowest BCUT2D eigenvalue weighted by Crippen LogP contribution is -2.47. The smallest absolute Gasteiger partial charge is 0.0653 e. The van der Waals surface area contributed by atoms with Crippen molar-refractivity contribution in [3.8, 4) is 0 Å². The van der Waals surface area contributed by atoms with E-state index in [-0.39, 0.29) is 0 Å². The number of hydrazine groups is 1. The fourth-order valence-corrected chi connectivity index (χ4v) is 1.10. The first-order chi connectivity index (χ1) is 6.41. The van der Waals surface area contributed by atoms with Crippen LogP contribution in [0.3, 0.4) is 0 Å².